The maximum Gasteiger partial charge on any atom is 1.00 e. The zero-order chi connectivity index (χ0) is 10.0. The third-order valence-electron chi connectivity index (χ3n) is 1.31. The Hall–Kier alpha value is -0.340. The quantitative estimate of drug-likeness (QED) is 0.252. The molecule has 0 amide bonds. The molecule has 1 unspecified atom stereocenters. The zero-order valence-corrected chi connectivity index (χ0v) is 9.91. The molecule has 0 N–H and O–H groups in total. The van der Waals surface area contributed by atoms with Gasteiger partial charge in [0, 0.05) is 11.0 Å². The second-order valence-electron chi connectivity index (χ2n) is 2.11. The van der Waals surface area contributed by atoms with Crippen LogP contribution in [-0.2, 0) is 11.1 Å². The van der Waals surface area contributed by atoms with Gasteiger partial charge < -0.3 is 4.55 Å². The van der Waals surface area contributed by atoms with E-state index in [2.05, 4.69) is 0 Å². The smallest absolute Gasteiger partial charge is 0.768 e. The third kappa shape index (κ3) is 3.10. The zero-order valence-electron chi connectivity index (χ0n) is 7.10. The molecule has 1 aromatic carbocycles. The van der Waals surface area contributed by atoms with E-state index in [1.54, 1.807) is 0 Å². The number of nitrogens with zero attached hydrogens (tertiary/aromatic N) is 1. The van der Waals surface area contributed by atoms with Crippen LogP contribution < -0.4 is 29.6 Å². The topological polar surface area (TPSA) is 83.3 Å². The van der Waals surface area contributed by atoms with Crippen LogP contribution in [0.25, 0.3) is 0 Å². The largest absolute Gasteiger partial charge is 1.00 e. The van der Waals surface area contributed by atoms with Crippen LogP contribution in [0.4, 0.5) is 10.1 Å². The van der Waals surface area contributed by atoms with Crippen LogP contribution in [-0.4, -0.2) is 13.7 Å². The summed E-state index contributed by atoms with van der Waals surface area (Å²) in [4.78, 5) is 8.87. The molecule has 0 saturated heterocycles. The summed E-state index contributed by atoms with van der Waals surface area (Å²) in [6.07, 6.45) is 0. The molecule has 0 spiro atoms. The van der Waals surface area contributed by atoms with Crippen LogP contribution in [0.3, 0.4) is 0 Å². The van der Waals surface area contributed by atoms with Gasteiger partial charge in [-0.1, -0.05) is 0 Å². The van der Waals surface area contributed by atoms with Gasteiger partial charge in [0.15, 0.2) is 0 Å². The van der Waals surface area contributed by atoms with Gasteiger partial charge in [0.25, 0.3) is 0 Å². The molecule has 0 saturated carbocycles. The van der Waals surface area contributed by atoms with Crippen LogP contribution in [0.15, 0.2) is 23.1 Å². The number of hydrogen-bond donors (Lipinski definition) is 0. The van der Waals surface area contributed by atoms with E-state index in [9.17, 15) is 23.3 Å². The molecule has 1 rings (SSSR count). The Morgan fingerprint density at radius 1 is 1.43 bits per heavy atom. The second-order valence-corrected chi connectivity index (χ2v) is 3.05. The Bertz CT molecular complexity index is 386. The van der Waals surface area contributed by atoms with Crippen molar-refractivity contribution in [1.82, 2.24) is 0 Å². The van der Waals surface area contributed by atoms with Gasteiger partial charge in [-0.3, -0.25) is 14.3 Å². The Morgan fingerprint density at radius 2 is 2.00 bits per heavy atom. The van der Waals surface area contributed by atoms with Gasteiger partial charge in [-0.25, -0.2) is 0 Å². The summed E-state index contributed by atoms with van der Waals surface area (Å²) >= 11 is -2.57. The van der Waals surface area contributed by atoms with Gasteiger partial charge in [0.05, 0.1) is 4.92 Å². The van der Waals surface area contributed by atoms with Crippen molar-refractivity contribution in [3.05, 3.63) is 34.1 Å². The van der Waals surface area contributed by atoms with Crippen LogP contribution in [0.1, 0.15) is 0 Å². The van der Waals surface area contributed by atoms with E-state index >= 15 is 0 Å². The number of halogens is 1. The predicted octanol–water partition coefficient (Wildman–Crippen LogP) is -2.02. The minimum Gasteiger partial charge on any atom is -0.768 e. The molecule has 0 fully saturated rings. The summed E-state index contributed by atoms with van der Waals surface area (Å²) in [7, 11) is 0. The minimum atomic E-state index is -2.57. The first-order valence-electron chi connectivity index (χ1n) is 3.05. The van der Waals surface area contributed by atoms with Crippen molar-refractivity contribution >= 4 is 16.8 Å². The summed E-state index contributed by atoms with van der Waals surface area (Å²) in [5.41, 5.74) is -0.741. The van der Waals surface area contributed by atoms with Gasteiger partial charge >= 0.3 is 35.2 Å². The number of benzene rings is 1. The van der Waals surface area contributed by atoms with Gasteiger partial charge in [-0.05, 0) is 23.2 Å². The predicted molar refractivity (Wildman–Crippen MR) is 40.2 cm³/mol. The first kappa shape index (κ1) is 13.7. The Kier molecular flexibility index (Phi) is 5.38. The molecule has 1 aromatic rings. The Morgan fingerprint density at radius 3 is 2.36 bits per heavy atom. The van der Waals surface area contributed by atoms with Crippen molar-refractivity contribution < 1.29 is 47.6 Å². The molecule has 0 aromatic heterocycles. The molecular weight excluding hydrogens is 224 g/mol. The SMILES string of the molecule is O=[N+]([O-])c1ccc(S(=O)[O-])cc1F.[Na+]. The first-order valence-corrected chi connectivity index (χ1v) is 4.13. The average molecular weight is 227 g/mol. The molecule has 0 aliphatic rings. The van der Waals surface area contributed by atoms with Gasteiger partial charge in [0.1, 0.15) is 0 Å². The molecule has 0 bridgehead atoms. The Labute approximate surface area is 103 Å². The monoisotopic (exact) mass is 227 g/mol. The Balaban J connectivity index is 0.00000169. The van der Waals surface area contributed by atoms with E-state index < -0.39 is 27.5 Å². The molecule has 14 heavy (non-hydrogen) atoms. The second kappa shape index (κ2) is 5.52. The van der Waals surface area contributed by atoms with Crippen molar-refractivity contribution in [3.63, 3.8) is 0 Å². The standard InChI is InChI=1S/C6H4FNO4S.Na/c7-5-3-4(13(11)12)1-2-6(5)8(9)10;/h1-3H,(H,11,12);/q;+1/p-1. The van der Waals surface area contributed by atoms with Crippen molar-refractivity contribution in [3.8, 4) is 0 Å². The molecule has 5 nitrogen and oxygen atoms in total. The fraction of sp³-hybridized carbons (Fsp3) is 0. The normalized spacial score (nSPS) is 11.6. The molecule has 0 heterocycles. The van der Waals surface area contributed by atoms with Gasteiger partial charge in [-0.2, -0.15) is 4.39 Å². The maximum atomic E-state index is 12.7. The van der Waals surface area contributed by atoms with Gasteiger partial charge in [-0.15, -0.1) is 0 Å². The van der Waals surface area contributed by atoms with E-state index in [0.29, 0.717) is 6.07 Å². The van der Waals surface area contributed by atoms with Crippen LogP contribution in [0, 0.1) is 15.9 Å². The van der Waals surface area contributed by atoms with Crippen molar-refractivity contribution in [2.45, 2.75) is 4.90 Å². The van der Waals surface area contributed by atoms with Crippen molar-refractivity contribution in [1.29, 1.82) is 0 Å². The third-order valence-corrected chi connectivity index (χ3v) is 1.95. The van der Waals surface area contributed by atoms with E-state index in [1.807, 2.05) is 0 Å². The fourth-order valence-corrected chi connectivity index (χ4v) is 1.12. The summed E-state index contributed by atoms with van der Waals surface area (Å²) in [6, 6.07) is 2.37. The fourth-order valence-electron chi connectivity index (χ4n) is 0.739. The van der Waals surface area contributed by atoms with Crippen LogP contribution >= 0.6 is 0 Å². The van der Waals surface area contributed by atoms with E-state index in [0.717, 1.165) is 12.1 Å². The number of rotatable bonds is 2. The summed E-state index contributed by atoms with van der Waals surface area (Å²) in [5, 5.41) is 10.1. The molecule has 8 heteroatoms. The van der Waals surface area contributed by atoms with E-state index in [-0.39, 0.29) is 34.5 Å². The van der Waals surface area contributed by atoms with Gasteiger partial charge in [0.2, 0.25) is 5.82 Å². The number of nitro groups is 1. The maximum absolute atomic E-state index is 12.7. The molecule has 70 valence electrons. The average Bonchev–Trinajstić information content (AvgIpc) is 2.03. The van der Waals surface area contributed by atoms with Crippen molar-refractivity contribution in [2.75, 3.05) is 0 Å². The first-order chi connectivity index (χ1) is 6.02. The van der Waals surface area contributed by atoms with Crippen LogP contribution in [0.2, 0.25) is 0 Å². The van der Waals surface area contributed by atoms with Crippen LogP contribution in [0.5, 0.6) is 0 Å². The molecule has 0 radical (unpaired) electrons. The number of hydrogen-bond acceptors (Lipinski definition) is 4. The number of nitro benzene ring substituents is 1. The molecular formula is C6H3FNNaO4S. The van der Waals surface area contributed by atoms with E-state index in [4.69, 9.17) is 0 Å². The van der Waals surface area contributed by atoms with Crippen molar-refractivity contribution in [2.24, 2.45) is 0 Å². The molecule has 1 atom stereocenters. The summed E-state index contributed by atoms with van der Waals surface area (Å²) < 4.78 is 33.3. The minimum absolute atomic E-state index is 0. The summed E-state index contributed by atoms with van der Waals surface area (Å²) in [5.74, 6) is -1.16. The molecule has 0 aliphatic heterocycles. The summed E-state index contributed by atoms with van der Waals surface area (Å²) in [6.45, 7) is 0. The van der Waals surface area contributed by atoms with E-state index in [1.165, 1.54) is 0 Å². The molecule has 0 aliphatic carbocycles.